The summed E-state index contributed by atoms with van der Waals surface area (Å²) in [7, 11) is 1.45. The van der Waals surface area contributed by atoms with Gasteiger partial charge in [0.25, 0.3) is 0 Å². The van der Waals surface area contributed by atoms with Crippen LogP contribution >= 0.6 is 44.3 Å². The Morgan fingerprint density at radius 1 is 1.53 bits per heavy atom. The van der Waals surface area contributed by atoms with Crippen LogP contribution in [0.2, 0.25) is 0 Å². The molecule has 0 saturated heterocycles. The van der Waals surface area contributed by atoms with Crippen LogP contribution in [0.5, 0.6) is 11.5 Å². The molecule has 1 aromatic carbocycles. The number of aromatic hydroxyl groups is 1. The summed E-state index contributed by atoms with van der Waals surface area (Å²) in [6.07, 6.45) is 0.193. The molecule has 1 aromatic rings. The lowest BCUT2D eigenvalue weighted by Gasteiger charge is -2.15. The zero-order chi connectivity index (χ0) is 12.3. The molecule has 94 valence electrons. The van der Waals surface area contributed by atoms with Gasteiger partial charge in [-0.1, -0.05) is 0 Å². The topological polar surface area (TPSA) is 79.3 Å². The fourth-order valence-electron chi connectivity index (χ4n) is 1.25. The van der Waals surface area contributed by atoms with Crippen molar-refractivity contribution >= 4 is 44.3 Å². The average Bonchev–Trinajstić information content (AvgIpc) is 2.27. The van der Waals surface area contributed by atoms with E-state index in [9.17, 15) is 5.11 Å². The molecular weight excluding hydrogens is 375 g/mol. The van der Waals surface area contributed by atoms with Gasteiger partial charge in [-0.3, -0.25) is 0 Å². The molecule has 1 rings (SSSR count). The summed E-state index contributed by atoms with van der Waals surface area (Å²) in [5, 5.41) is 18.3. The number of hydrogen-bond donors (Lipinski definition) is 2. The van der Waals surface area contributed by atoms with Crippen LogP contribution in [0, 0.1) is 11.3 Å². The lowest BCUT2D eigenvalue weighted by molar-refractivity contribution is 0.370. The molecule has 0 spiro atoms. The third-order valence-corrected chi connectivity index (χ3v) is 4.26. The second-order valence-corrected chi connectivity index (χ2v) is 4.70. The molecular formula is C10H11Br2ClN2O2. The quantitative estimate of drug-likeness (QED) is 0.836. The molecule has 1 atom stereocenters. The molecule has 0 heterocycles. The van der Waals surface area contributed by atoms with Crippen molar-refractivity contribution in [1.29, 1.82) is 5.26 Å². The molecule has 0 saturated carbocycles. The van der Waals surface area contributed by atoms with E-state index in [4.69, 9.17) is 15.7 Å². The van der Waals surface area contributed by atoms with Crippen molar-refractivity contribution in [2.24, 2.45) is 5.73 Å². The first-order valence-electron chi connectivity index (χ1n) is 4.40. The molecule has 0 aliphatic heterocycles. The highest BCUT2D eigenvalue weighted by atomic mass is 79.9. The van der Waals surface area contributed by atoms with Crippen LogP contribution in [0.25, 0.3) is 0 Å². The average molecular weight is 386 g/mol. The van der Waals surface area contributed by atoms with E-state index in [0.717, 1.165) is 0 Å². The van der Waals surface area contributed by atoms with E-state index in [1.807, 2.05) is 6.07 Å². The number of rotatable bonds is 3. The van der Waals surface area contributed by atoms with Gasteiger partial charge in [-0.15, -0.1) is 12.4 Å². The Kier molecular flexibility index (Phi) is 6.87. The van der Waals surface area contributed by atoms with Crippen molar-refractivity contribution in [1.82, 2.24) is 0 Å². The van der Waals surface area contributed by atoms with E-state index in [1.165, 1.54) is 7.11 Å². The minimum atomic E-state index is -0.426. The van der Waals surface area contributed by atoms with Gasteiger partial charge in [0.2, 0.25) is 0 Å². The van der Waals surface area contributed by atoms with Crippen molar-refractivity contribution in [2.45, 2.75) is 12.5 Å². The van der Waals surface area contributed by atoms with E-state index < -0.39 is 6.04 Å². The fourth-order valence-corrected chi connectivity index (χ4v) is 2.27. The van der Waals surface area contributed by atoms with E-state index >= 15 is 0 Å². The third-order valence-electron chi connectivity index (χ3n) is 2.10. The van der Waals surface area contributed by atoms with Crippen LogP contribution in [-0.4, -0.2) is 12.2 Å². The number of nitrogens with two attached hydrogens (primary N) is 1. The van der Waals surface area contributed by atoms with Gasteiger partial charge in [0.15, 0.2) is 11.5 Å². The summed E-state index contributed by atoms with van der Waals surface area (Å²) < 4.78 is 6.11. The fraction of sp³-hybridized carbons (Fsp3) is 0.300. The highest BCUT2D eigenvalue weighted by Crippen LogP contribution is 2.43. The maximum atomic E-state index is 9.71. The summed E-state index contributed by atoms with van der Waals surface area (Å²) in [5.41, 5.74) is 6.55. The molecule has 7 heteroatoms. The van der Waals surface area contributed by atoms with Crippen LogP contribution in [0.3, 0.4) is 0 Å². The molecule has 0 unspecified atom stereocenters. The highest BCUT2D eigenvalue weighted by Gasteiger charge is 2.18. The van der Waals surface area contributed by atoms with Crippen LogP contribution in [0.15, 0.2) is 15.0 Å². The Balaban J connectivity index is 0.00000256. The minimum Gasteiger partial charge on any atom is -0.503 e. The molecule has 0 amide bonds. The summed E-state index contributed by atoms with van der Waals surface area (Å²) >= 11 is 6.54. The predicted molar refractivity (Wildman–Crippen MR) is 74.5 cm³/mol. The molecule has 0 aliphatic carbocycles. The van der Waals surface area contributed by atoms with Gasteiger partial charge >= 0.3 is 0 Å². The zero-order valence-corrected chi connectivity index (χ0v) is 12.9. The van der Waals surface area contributed by atoms with Gasteiger partial charge in [0, 0.05) is 10.5 Å². The van der Waals surface area contributed by atoms with E-state index in [1.54, 1.807) is 6.07 Å². The lowest BCUT2D eigenvalue weighted by Crippen LogP contribution is -2.10. The molecule has 4 nitrogen and oxygen atoms in total. The summed E-state index contributed by atoms with van der Waals surface area (Å²) in [5.74, 6) is 0.320. The SMILES string of the molecule is COc1cc([C@@H](N)CC#N)c(Br)c(Br)c1O.Cl. The van der Waals surface area contributed by atoms with Crippen molar-refractivity contribution in [3.8, 4) is 17.6 Å². The molecule has 3 N–H and O–H groups in total. The number of phenols is 1. The number of phenolic OH excluding ortho intramolecular Hbond substituents is 1. The first-order chi connectivity index (χ1) is 7.52. The summed E-state index contributed by atoms with van der Waals surface area (Å²) in [6, 6.07) is 3.19. The zero-order valence-electron chi connectivity index (χ0n) is 8.91. The van der Waals surface area contributed by atoms with Gasteiger partial charge in [0.1, 0.15) is 0 Å². The first-order valence-corrected chi connectivity index (χ1v) is 5.98. The Labute approximate surface area is 122 Å². The maximum absolute atomic E-state index is 9.71. The number of ether oxygens (including phenoxy) is 1. The van der Waals surface area contributed by atoms with Crippen molar-refractivity contribution < 1.29 is 9.84 Å². The maximum Gasteiger partial charge on any atom is 0.173 e. The molecule has 0 aliphatic rings. The van der Waals surface area contributed by atoms with Crippen LogP contribution < -0.4 is 10.5 Å². The Morgan fingerprint density at radius 3 is 2.59 bits per heavy atom. The van der Waals surface area contributed by atoms with E-state index in [2.05, 4.69) is 31.9 Å². The van der Waals surface area contributed by atoms with Gasteiger partial charge in [0.05, 0.1) is 24.1 Å². The van der Waals surface area contributed by atoms with E-state index in [0.29, 0.717) is 20.3 Å². The molecule has 0 radical (unpaired) electrons. The largest absolute Gasteiger partial charge is 0.503 e. The second-order valence-electron chi connectivity index (χ2n) is 3.11. The van der Waals surface area contributed by atoms with Crippen LogP contribution in [0.1, 0.15) is 18.0 Å². The van der Waals surface area contributed by atoms with Crippen molar-refractivity contribution in [3.63, 3.8) is 0 Å². The number of methoxy groups -OCH3 is 1. The van der Waals surface area contributed by atoms with Gasteiger partial charge < -0.3 is 15.6 Å². The molecule has 17 heavy (non-hydrogen) atoms. The van der Waals surface area contributed by atoms with Crippen LogP contribution in [0.4, 0.5) is 0 Å². The van der Waals surface area contributed by atoms with Gasteiger partial charge in [-0.25, -0.2) is 0 Å². The number of hydrogen-bond acceptors (Lipinski definition) is 4. The normalized spacial score (nSPS) is 11.2. The Morgan fingerprint density at radius 2 is 2.12 bits per heavy atom. The molecule has 0 fully saturated rings. The number of halogens is 3. The van der Waals surface area contributed by atoms with Crippen molar-refractivity contribution in [2.75, 3.05) is 7.11 Å². The van der Waals surface area contributed by atoms with Gasteiger partial charge in [-0.2, -0.15) is 5.26 Å². The number of nitrogens with zero attached hydrogens (tertiary/aromatic N) is 1. The third kappa shape index (κ3) is 3.49. The summed E-state index contributed by atoms with van der Waals surface area (Å²) in [6.45, 7) is 0. The van der Waals surface area contributed by atoms with Crippen molar-refractivity contribution in [3.05, 3.63) is 20.6 Å². The first kappa shape index (κ1) is 16.5. The second kappa shape index (κ2) is 7.07. The van der Waals surface area contributed by atoms with Crippen LogP contribution in [-0.2, 0) is 0 Å². The van der Waals surface area contributed by atoms with E-state index in [-0.39, 0.29) is 24.6 Å². The minimum absolute atomic E-state index is 0. The predicted octanol–water partition coefficient (Wildman–Crippen LogP) is 3.26. The highest BCUT2D eigenvalue weighted by molar-refractivity contribution is 9.13. The lowest BCUT2D eigenvalue weighted by atomic mass is 10.0. The number of benzene rings is 1. The number of nitriles is 1. The smallest absolute Gasteiger partial charge is 0.173 e. The molecule has 0 aromatic heterocycles. The standard InChI is InChI=1S/C10H10Br2N2O2.ClH/c1-16-7-4-5(6(14)2-3-13)8(11)9(12)10(7)15;/h4,6,15H,2,14H2,1H3;1H/t6-;/m0./s1. The Bertz CT molecular complexity index is 449. The monoisotopic (exact) mass is 384 g/mol. The van der Waals surface area contributed by atoms with Gasteiger partial charge in [-0.05, 0) is 43.5 Å². The Hall–Kier alpha value is -0.480. The molecule has 0 bridgehead atoms. The summed E-state index contributed by atoms with van der Waals surface area (Å²) in [4.78, 5) is 0.